The second-order valence-electron chi connectivity index (χ2n) is 6.17. The molecule has 2 heterocycles. The monoisotopic (exact) mass is 360 g/mol. The molecule has 0 amide bonds. The van der Waals surface area contributed by atoms with Gasteiger partial charge in [-0.15, -0.1) is 0 Å². The standard InChI is InChI=1S/C17H20N4O3S/c1-12-7-9-21(10-8-12)25(22,23)14-5-3-13(4-6-14)16-20-15(11-18)17(19-2)24-16/h3-6,12,19H,7-10H2,1-2H3. The first kappa shape index (κ1) is 17.5. The second-order valence-corrected chi connectivity index (χ2v) is 8.11. The molecule has 1 N–H and O–H groups in total. The van der Waals surface area contributed by atoms with Crippen molar-refractivity contribution >= 4 is 15.9 Å². The number of nitriles is 1. The van der Waals surface area contributed by atoms with Crippen LogP contribution in [0.4, 0.5) is 5.88 Å². The Labute approximate surface area is 147 Å². The summed E-state index contributed by atoms with van der Waals surface area (Å²) in [5.41, 5.74) is 0.779. The third kappa shape index (κ3) is 3.38. The lowest BCUT2D eigenvalue weighted by Gasteiger charge is -2.29. The predicted molar refractivity (Wildman–Crippen MR) is 93.4 cm³/mol. The number of aromatic nitrogens is 1. The lowest BCUT2D eigenvalue weighted by Crippen LogP contribution is -2.37. The first-order chi connectivity index (χ1) is 12.0. The third-order valence-corrected chi connectivity index (χ3v) is 6.35. The fraction of sp³-hybridized carbons (Fsp3) is 0.412. The molecule has 0 atom stereocenters. The number of rotatable bonds is 4. The summed E-state index contributed by atoms with van der Waals surface area (Å²) < 4.78 is 32.5. The summed E-state index contributed by atoms with van der Waals surface area (Å²) in [5, 5.41) is 11.8. The van der Waals surface area contributed by atoms with Crippen LogP contribution in [0.15, 0.2) is 33.6 Å². The summed E-state index contributed by atoms with van der Waals surface area (Å²) in [5.74, 6) is 1.13. The summed E-state index contributed by atoms with van der Waals surface area (Å²) in [6.07, 6.45) is 1.77. The van der Waals surface area contributed by atoms with Crippen molar-refractivity contribution in [3.63, 3.8) is 0 Å². The van der Waals surface area contributed by atoms with E-state index >= 15 is 0 Å². The lowest BCUT2D eigenvalue weighted by atomic mass is 10.0. The van der Waals surface area contributed by atoms with Crippen LogP contribution in [0, 0.1) is 17.2 Å². The maximum absolute atomic E-state index is 12.7. The largest absolute Gasteiger partial charge is 0.419 e. The van der Waals surface area contributed by atoms with Gasteiger partial charge >= 0.3 is 0 Å². The van der Waals surface area contributed by atoms with Crippen molar-refractivity contribution in [2.24, 2.45) is 5.92 Å². The summed E-state index contributed by atoms with van der Waals surface area (Å²) in [7, 11) is -1.84. The molecule has 0 aliphatic carbocycles. The van der Waals surface area contributed by atoms with E-state index in [1.165, 1.54) is 0 Å². The number of nitrogens with one attached hydrogen (secondary N) is 1. The Balaban J connectivity index is 1.85. The Kier molecular flexibility index (Phi) is 4.79. The molecular weight excluding hydrogens is 340 g/mol. The van der Waals surface area contributed by atoms with Crippen LogP contribution < -0.4 is 5.32 Å². The maximum atomic E-state index is 12.7. The first-order valence-corrected chi connectivity index (χ1v) is 9.59. The molecule has 0 saturated carbocycles. The SMILES string of the molecule is CNc1oc(-c2ccc(S(=O)(=O)N3CCC(C)CC3)cc2)nc1C#N. The van der Waals surface area contributed by atoms with Gasteiger partial charge in [-0.05, 0) is 43.0 Å². The first-order valence-electron chi connectivity index (χ1n) is 8.15. The topological polar surface area (TPSA) is 99.2 Å². The number of hydrogen-bond donors (Lipinski definition) is 1. The van der Waals surface area contributed by atoms with Crippen molar-refractivity contribution in [1.29, 1.82) is 5.26 Å². The van der Waals surface area contributed by atoms with Crippen molar-refractivity contribution < 1.29 is 12.8 Å². The Bertz CT molecular complexity index is 889. The molecule has 1 fully saturated rings. The van der Waals surface area contributed by atoms with Gasteiger partial charge in [0.05, 0.1) is 4.90 Å². The van der Waals surface area contributed by atoms with Crippen LogP contribution in [0.3, 0.4) is 0 Å². The van der Waals surface area contributed by atoms with Gasteiger partial charge in [-0.3, -0.25) is 0 Å². The van der Waals surface area contributed by atoms with E-state index in [1.54, 1.807) is 35.6 Å². The van der Waals surface area contributed by atoms with Crippen LogP contribution in [-0.2, 0) is 10.0 Å². The maximum Gasteiger partial charge on any atom is 0.243 e. The molecule has 0 unspecified atom stereocenters. The van der Waals surface area contributed by atoms with Gasteiger partial charge in [-0.2, -0.15) is 14.6 Å². The average molecular weight is 360 g/mol. The molecule has 0 bridgehead atoms. The minimum Gasteiger partial charge on any atom is -0.419 e. The van der Waals surface area contributed by atoms with Gasteiger partial charge in [0, 0.05) is 25.7 Å². The number of benzene rings is 1. The van der Waals surface area contributed by atoms with E-state index in [0.29, 0.717) is 24.6 Å². The van der Waals surface area contributed by atoms with Crippen LogP contribution >= 0.6 is 0 Å². The minimum atomic E-state index is -3.48. The lowest BCUT2D eigenvalue weighted by molar-refractivity contribution is 0.288. The van der Waals surface area contributed by atoms with Crippen LogP contribution in [0.2, 0.25) is 0 Å². The quantitative estimate of drug-likeness (QED) is 0.900. The summed E-state index contributed by atoms with van der Waals surface area (Å²) in [6, 6.07) is 8.35. The minimum absolute atomic E-state index is 0.164. The van der Waals surface area contributed by atoms with Gasteiger partial charge in [0.1, 0.15) is 6.07 Å². The van der Waals surface area contributed by atoms with Gasteiger partial charge in [0.25, 0.3) is 0 Å². The highest BCUT2D eigenvalue weighted by atomic mass is 32.2. The fourth-order valence-electron chi connectivity index (χ4n) is 2.83. The molecule has 1 aromatic carbocycles. The zero-order chi connectivity index (χ0) is 18.0. The van der Waals surface area contributed by atoms with Crippen LogP contribution in [-0.4, -0.2) is 37.8 Å². The molecular formula is C17H20N4O3S. The summed E-state index contributed by atoms with van der Waals surface area (Å²) >= 11 is 0. The highest BCUT2D eigenvalue weighted by Gasteiger charge is 2.28. The van der Waals surface area contributed by atoms with Crippen molar-refractivity contribution in [2.45, 2.75) is 24.7 Å². The van der Waals surface area contributed by atoms with E-state index in [-0.39, 0.29) is 22.4 Å². The van der Waals surface area contributed by atoms with Crippen molar-refractivity contribution in [1.82, 2.24) is 9.29 Å². The number of piperidine rings is 1. The second kappa shape index (κ2) is 6.86. The van der Waals surface area contributed by atoms with Crippen molar-refractivity contribution in [3.05, 3.63) is 30.0 Å². The smallest absolute Gasteiger partial charge is 0.243 e. The molecule has 0 spiro atoms. The Morgan fingerprint density at radius 1 is 1.28 bits per heavy atom. The summed E-state index contributed by atoms with van der Waals surface area (Å²) in [4.78, 5) is 4.37. The molecule has 3 rings (SSSR count). The molecule has 0 radical (unpaired) electrons. The normalized spacial score (nSPS) is 16.5. The highest BCUT2D eigenvalue weighted by Crippen LogP contribution is 2.28. The molecule has 8 heteroatoms. The van der Waals surface area contributed by atoms with Crippen molar-refractivity contribution in [2.75, 3.05) is 25.5 Å². The average Bonchev–Trinajstić information content (AvgIpc) is 3.05. The third-order valence-electron chi connectivity index (χ3n) is 4.44. The van der Waals surface area contributed by atoms with Crippen LogP contribution in [0.25, 0.3) is 11.5 Å². The predicted octanol–water partition coefficient (Wildman–Crippen LogP) is 2.68. The van der Waals surface area contributed by atoms with E-state index < -0.39 is 10.0 Å². The number of oxazole rings is 1. The Morgan fingerprint density at radius 3 is 2.44 bits per heavy atom. The Morgan fingerprint density at radius 2 is 1.92 bits per heavy atom. The molecule has 1 aliphatic rings. The van der Waals surface area contributed by atoms with E-state index in [1.807, 2.05) is 6.07 Å². The van der Waals surface area contributed by atoms with Crippen LogP contribution in [0.5, 0.6) is 0 Å². The van der Waals surface area contributed by atoms with Gasteiger partial charge in [-0.1, -0.05) is 6.92 Å². The molecule has 132 valence electrons. The van der Waals surface area contributed by atoms with Gasteiger partial charge in [-0.25, -0.2) is 8.42 Å². The number of hydrogen-bond acceptors (Lipinski definition) is 6. The van der Waals surface area contributed by atoms with Gasteiger partial charge < -0.3 is 9.73 Å². The zero-order valence-corrected chi connectivity index (χ0v) is 15.0. The number of sulfonamides is 1. The van der Waals surface area contributed by atoms with E-state index in [2.05, 4.69) is 17.2 Å². The van der Waals surface area contributed by atoms with E-state index in [4.69, 9.17) is 9.68 Å². The zero-order valence-electron chi connectivity index (χ0n) is 14.2. The summed E-state index contributed by atoms with van der Waals surface area (Å²) in [6.45, 7) is 3.26. The number of anilines is 1. The van der Waals surface area contributed by atoms with E-state index in [9.17, 15) is 8.42 Å². The molecule has 7 nitrogen and oxygen atoms in total. The van der Waals surface area contributed by atoms with Gasteiger partial charge in [0.15, 0.2) is 0 Å². The fourth-order valence-corrected chi connectivity index (χ4v) is 4.30. The molecule has 2 aromatic rings. The molecule has 1 saturated heterocycles. The molecule has 1 aromatic heterocycles. The van der Waals surface area contributed by atoms with Crippen molar-refractivity contribution in [3.8, 4) is 17.5 Å². The Hall–Kier alpha value is -2.37. The molecule has 25 heavy (non-hydrogen) atoms. The highest BCUT2D eigenvalue weighted by molar-refractivity contribution is 7.89. The van der Waals surface area contributed by atoms with E-state index in [0.717, 1.165) is 12.8 Å². The number of nitrogens with zero attached hydrogens (tertiary/aromatic N) is 3. The van der Waals surface area contributed by atoms with Gasteiger partial charge in [0.2, 0.25) is 27.5 Å². The van der Waals surface area contributed by atoms with Crippen LogP contribution in [0.1, 0.15) is 25.5 Å². The molecule has 1 aliphatic heterocycles.